The molecule has 0 radical (unpaired) electrons. The highest BCUT2D eigenvalue weighted by Gasteiger charge is 2.78. The van der Waals surface area contributed by atoms with Gasteiger partial charge in [-0.05, 0) is 161 Å². The van der Waals surface area contributed by atoms with Gasteiger partial charge < -0.3 is 62.3 Å². The molecule has 0 aromatic carbocycles. The van der Waals surface area contributed by atoms with Crippen LogP contribution in [0, 0.1) is 99.6 Å². The summed E-state index contributed by atoms with van der Waals surface area (Å²) in [4.78, 5) is 49.5. The molecule has 2 heterocycles. The Labute approximate surface area is 422 Å². The normalized spacial score (nSPS) is 46.7. The molecule has 394 valence electrons. The van der Waals surface area contributed by atoms with Gasteiger partial charge in [0.2, 0.25) is 0 Å². The van der Waals surface area contributed by atoms with Crippen LogP contribution >= 0.6 is 0 Å². The first-order chi connectivity index (χ1) is 34.1. The highest BCUT2D eigenvalue weighted by molar-refractivity contribution is 6.00. The van der Waals surface area contributed by atoms with Gasteiger partial charge in [0.1, 0.15) is 5.78 Å². The van der Waals surface area contributed by atoms with E-state index in [1.165, 1.54) is 12.5 Å². The van der Waals surface area contributed by atoms with Crippen LogP contribution in [0.1, 0.15) is 123 Å². The zero-order valence-corrected chi connectivity index (χ0v) is 42.4. The maximum absolute atomic E-state index is 15.3. The lowest BCUT2D eigenvalue weighted by Gasteiger charge is -2.68. The smallest absolute Gasteiger partial charge is 0.313 e. The van der Waals surface area contributed by atoms with E-state index in [2.05, 4.69) is 40.1 Å². The molecule has 5 saturated carbocycles. The fraction of sp³-hybridized carbons (Fsp3) is 0.750. The number of aliphatic imine (C=N–C) groups is 1. The van der Waals surface area contributed by atoms with Gasteiger partial charge in [-0.25, -0.2) is 0 Å². The van der Waals surface area contributed by atoms with Crippen LogP contribution in [0.4, 0.5) is 0 Å². The summed E-state index contributed by atoms with van der Waals surface area (Å²) in [7, 11) is 0. The summed E-state index contributed by atoms with van der Waals surface area (Å²) in [6, 6.07) is 1.89. The predicted molar refractivity (Wildman–Crippen MR) is 265 cm³/mol. The van der Waals surface area contributed by atoms with E-state index >= 15 is 4.79 Å². The molecule has 16 heteroatoms. The van der Waals surface area contributed by atoms with Gasteiger partial charge in [0.15, 0.2) is 18.0 Å². The Morgan fingerprint density at radius 2 is 1.76 bits per heavy atom. The molecule has 9 aliphatic rings. The summed E-state index contributed by atoms with van der Waals surface area (Å²) >= 11 is 0. The number of nitrogens with two attached hydrogens (primary N) is 2. The van der Waals surface area contributed by atoms with Crippen molar-refractivity contribution < 1.29 is 54.9 Å². The third-order valence-corrected chi connectivity index (χ3v) is 21.0. The number of guanidine groups is 1. The average Bonchev–Trinajstić information content (AvgIpc) is 4.05. The second-order valence-electron chi connectivity index (χ2n) is 24.8. The quantitative estimate of drug-likeness (QED) is 0.0446. The minimum Gasteiger partial charge on any atom is -0.465 e. The highest BCUT2D eigenvalue weighted by atomic mass is 16.5. The summed E-state index contributed by atoms with van der Waals surface area (Å²) in [5, 5.41) is 90.1. The van der Waals surface area contributed by atoms with Crippen LogP contribution in [0.5, 0.6) is 0 Å². The van der Waals surface area contributed by atoms with E-state index in [4.69, 9.17) is 16.2 Å². The number of hydrogen-bond acceptors (Lipinski definition) is 13. The lowest BCUT2D eigenvalue weighted by Crippen LogP contribution is -2.70. The van der Waals surface area contributed by atoms with Crippen LogP contribution < -0.4 is 16.8 Å². The number of H-pyrrole nitrogens is 1. The Balaban J connectivity index is 1.18. The highest BCUT2D eigenvalue weighted by Crippen LogP contribution is 2.77. The topological polar surface area (TPSA) is 294 Å². The molecule has 10 rings (SSSR count). The minimum atomic E-state index is -2.01. The van der Waals surface area contributed by atoms with Crippen molar-refractivity contribution in [2.75, 3.05) is 19.7 Å². The number of cyclic esters (lactones) is 1. The van der Waals surface area contributed by atoms with E-state index in [1.54, 1.807) is 13.1 Å². The number of hydrogen-bond donors (Lipinski definition) is 11. The zero-order chi connectivity index (χ0) is 51.4. The number of aromatic amines is 1. The van der Waals surface area contributed by atoms with E-state index in [9.17, 15) is 45.3 Å². The van der Waals surface area contributed by atoms with E-state index in [1.807, 2.05) is 19.2 Å². The van der Waals surface area contributed by atoms with Gasteiger partial charge in [0.25, 0.3) is 0 Å². The van der Waals surface area contributed by atoms with Crippen molar-refractivity contribution in [2.45, 2.75) is 153 Å². The Morgan fingerprint density at radius 1 is 0.986 bits per heavy atom. The molecule has 13 N–H and O–H groups in total. The number of ether oxygens (including phenoxy) is 1. The first-order valence-electron chi connectivity index (χ1n) is 27.0. The van der Waals surface area contributed by atoms with E-state index < -0.39 is 94.0 Å². The third-order valence-electron chi connectivity index (χ3n) is 21.0. The molecule has 1 spiro atoms. The molecule has 8 aliphatic carbocycles. The number of aliphatic hydroxyl groups excluding tert-OH is 4. The molecular weight excluding hydrogens is 919 g/mol. The average molecular weight is 998 g/mol. The maximum Gasteiger partial charge on any atom is 0.313 e. The summed E-state index contributed by atoms with van der Waals surface area (Å²) in [6.45, 7) is 7.28. The first kappa shape index (κ1) is 51.4. The molecule has 72 heavy (non-hydrogen) atoms. The van der Waals surface area contributed by atoms with Gasteiger partial charge in [0, 0.05) is 60.4 Å². The second kappa shape index (κ2) is 18.9. The lowest BCUT2D eigenvalue weighted by molar-refractivity contribution is -0.230. The number of carbonyl (C=O) groups is 3. The van der Waals surface area contributed by atoms with Crippen LogP contribution in [0.3, 0.4) is 0 Å². The number of fused-ring (bicyclic) bond motifs is 10. The van der Waals surface area contributed by atoms with Gasteiger partial charge in [-0.15, -0.1) is 5.92 Å². The number of aromatic nitrogens is 1. The Morgan fingerprint density at radius 3 is 2.47 bits per heavy atom. The number of nitrogens with one attached hydrogen (secondary N) is 2. The largest absolute Gasteiger partial charge is 0.465 e. The molecule has 6 fully saturated rings. The number of rotatable bonds is 8. The molecule has 0 amide bonds. The van der Waals surface area contributed by atoms with Crippen molar-refractivity contribution in [3.63, 3.8) is 0 Å². The molecule has 1 saturated heterocycles. The molecule has 2 bridgehead atoms. The van der Waals surface area contributed by atoms with Crippen LogP contribution in [0.25, 0.3) is 0 Å². The molecule has 16 nitrogen and oxygen atoms in total. The van der Waals surface area contributed by atoms with E-state index in [0.29, 0.717) is 43.6 Å². The number of Topliss-reactive ketones (excluding diaryl/α,β-unsaturated/α-hetero) is 2. The summed E-state index contributed by atoms with van der Waals surface area (Å²) in [5.74, 6) is 0.651. The lowest BCUT2D eigenvalue weighted by atomic mass is 9.37. The zero-order valence-electron chi connectivity index (χ0n) is 42.4. The summed E-state index contributed by atoms with van der Waals surface area (Å²) < 4.78 is 5.88. The van der Waals surface area contributed by atoms with Crippen LogP contribution in [0.2, 0.25) is 0 Å². The second-order valence-corrected chi connectivity index (χ2v) is 24.8. The molecule has 1 aliphatic heterocycles. The van der Waals surface area contributed by atoms with Crippen molar-refractivity contribution in [1.29, 1.82) is 0 Å². The van der Waals surface area contributed by atoms with Crippen molar-refractivity contribution in [2.24, 2.45) is 104 Å². The van der Waals surface area contributed by atoms with Gasteiger partial charge in [-0.3, -0.25) is 19.4 Å². The standard InChI is InChI=1S/C56H79N5O11/c1-27-8-9-29-11-13-35-37(36(29)16-27)17-30(39-26-72-51(69)44(39)33-14-15-59-24-33)6-5-7-32-21-56(71)46-45(53(3)22-42(64)41(63)19-40(53)48(66)47(46)60-23-28(2)62)31-10-12-34(25-61-52(57)58)55(56,20-31)49(32)54(4,70)43(65)18-38(35)50(67)68/h11,14-15,24,27,30-32,34-45,49-50,59-60,63-65,67-68,70-71H,7-10,12-13,16-23,25-26H2,1-4H3,(H4,57,58,61). The number of allylic oxidation sites excluding steroid dienone is 3. The number of ketones is 2. The van der Waals surface area contributed by atoms with Crippen molar-refractivity contribution in [3.8, 4) is 11.8 Å². The molecule has 1 aromatic heterocycles. The Kier molecular flexibility index (Phi) is 13.5. The van der Waals surface area contributed by atoms with Gasteiger partial charge in [-0.1, -0.05) is 31.4 Å². The van der Waals surface area contributed by atoms with Gasteiger partial charge in [-0.2, -0.15) is 0 Å². The maximum atomic E-state index is 15.3. The van der Waals surface area contributed by atoms with Crippen molar-refractivity contribution in [3.05, 3.63) is 46.9 Å². The monoisotopic (exact) mass is 998 g/mol. The van der Waals surface area contributed by atoms with Gasteiger partial charge in [0.05, 0.1) is 54.3 Å². The predicted octanol–water partition coefficient (Wildman–Crippen LogP) is 2.94. The Hall–Kier alpha value is -4.08. The van der Waals surface area contributed by atoms with Crippen LogP contribution in [-0.2, 0) is 19.1 Å². The van der Waals surface area contributed by atoms with Crippen LogP contribution in [-0.4, -0.2) is 120 Å². The SMILES string of the molecule is CC(=O)CNC1=C2C(C3CCC(CN=C(N)N)C4(C3)C3C(CC#CC(C5COC(=O)C5c5cc[nH]c5)CC5C6CC(C)CCC6=CCC5C(C(O)O)CC(O)C3(C)O)CC24O)C2(C)CC(O)C(O)CC2C1=O. The fourth-order valence-electron chi connectivity index (χ4n) is 18.1. The van der Waals surface area contributed by atoms with Crippen molar-refractivity contribution in [1.82, 2.24) is 10.3 Å². The summed E-state index contributed by atoms with van der Waals surface area (Å²) in [6.07, 6.45) is 5.77. The first-order valence-corrected chi connectivity index (χ1v) is 27.0. The number of aliphatic hydroxyl groups is 7. The molecule has 1 aromatic rings. The number of esters is 1. The minimum absolute atomic E-state index is 0.00274. The van der Waals surface area contributed by atoms with Crippen LogP contribution in [0.15, 0.2) is 46.4 Å². The summed E-state index contributed by atoms with van der Waals surface area (Å²) in [5.41, 5.74) is 8.71. The van der Waals surface area contributed by atoms with Crippen molar-refractivity contribution >= 4 is 23.5 Å². The number of nitrogens with zero attached hydrogens (tertiary/aromatic N) is 1. The Bertz CT molecular complexity index is 2440. The van der Waals surface area contributed by atoms with Gasteiger partial charge >= 0.3 is 5.97 Å². The molecule has 21 unspecified atom stereocenters. The van der Waals surface area contributed by atoms with E-state index in [-0.39, 0.29) is 111 Å². The fourth-order valence-corrected chi connectivity index (χ4v) is 18.1. The molecular formula is C56H79N5O11. The van der Waals surface area contributed by atoms with E-state index in [0.717, 1.165) is 24.8 Å². The number of carbonyl (C=O) groups excluding carboxylic acids is 3. The molecule has 21 atom stereocenters. The third kappa shape index (κ3) is 8.12.